The lowest BCUT2D eigenvalue weighted by Gasteiger charge is -2.13. The Balaban J connectivity index is 1.69. The second-order valence-corrected chi connectivity index (χ2v) is 8.12. The Kier molecular flexibility index (Phi) is 4.51. The third kappa shape index (κ3) is 3.14. The van der Waals surface area contributed by atoms with Gasteiger partial charge in [-0.05, 0) is 74.3 Å². The van der Waals surface area contributed by atoms with Crippen LogP contribution in [0, 0.1) is 17.9 Å². The molecule has 4 nitrogen and oxygen atoms in total. The average Bonchev–Trinajstić information content (AvgIpc) is 2.92. The smallest absolute Gasteiger partial charge is 0.190 e. The fraction of sp³-hybridized carbons (Fsp3) is 0. The van der Waals surface area contributed by atoms with Crippen molar-refractivity contribution < 1.29 is 0 Å². The van der Waals surface area contributed by atoms with Crippen LogP contribution in [0.4, 0.5) is 5.69 Å². The molecule has 0 atom stereocenters. The summed E-state index contributed by atoms with van der Waals surface area (Å²) in [6.45, 7) is 7.34. The summed E-state index contributed by atoms with van der Waals surface area (Å²) in [4.78, 5) is 12.6. The van der Waals surface area contributed by atoms with Crippen molar-refractivity contribution in [1.29, 1.82) is 5.26 Å². The van der Waals surface area contributed by atoms with Gasteiger partial charge >= 0.3 is 0 Å². The first-order valence-corrected chi connectivity index (χ1v) is 10.8. The third-order valence-electron chi connectivity index (χ3n) is 6.19. The highest BCUT2D eigenvalue weighted by atomic mass is 14.7. The van der Waals surface area contributed by atoms with Gasteiger partial charge in [0, 0.05) is 18.0 Å². The molecule has 0 aliphatic rings. The highest BCUT2D eigenvalue weighted by Crippen LogP contribution is 2.38. The zero-order valence-electron chi connectivity index (χ0n) is 18.0. The summed E-state index contributed by atoms with van der Waals surface area (Å²) < 4.78 is 0. The summed E-state index contributed by atoms with van der Waals surface area (Å²) in [7, 11) is 0. The summed E-state index contributed by atoms with van der Waals surface area (Å²) in [5, 5.41) is 16.2. The molecule has 2 aromatic heterocycles. The minimum atomic E-state index is 0.569. The fourth-order valence-electron chi connectivity index (χ4n) is 4.58. The van der Waals surface area contributed by atoms with Gasteiger partial charge in [-0.1, -0.05) is 48.5 Å². The van der Waals surface area contributed by atoms with Gasteiger partial charge in [0.2, 0.25) is 0 Å². The lowest BCUT2D eigenvalue weighted by molar-refractivity contribution is 1.31. The van der Waals surface area contributed by atoms with E-state index < -0.39 is 0 Å². The predicted molar refractivity (Wildman–Crippen MR) is 136 cm³/mol. The zero-order chi connectivity index (χ0) is 23.1. The van der Waals surface area contributed by atoms with Crippen LogP contribution in [0.1, 0.15) is 5.56 Å². The zero-order valence-corrected chi connectivity index (χ0v) is 18.0. The van der Waals surface area contributed by atoms with Gasteiger partial charge in [0.25, 0.3) is 0 Å². The van der Waals surface area contributed by atoms with Crippen molar-refractivity contribution in [1.82, 2.24) is 9.97 Å². The van der Waals surface area contributed by atoms with Crippen LogP contribution in [0.25, 0.3) is 59.7 Å². The molecule has 4 aromatic carbocycles. The van der Waals surface area contributed by atoms with Gasteiger partial charge in [-0.2, -0.15) is 5.26 Å². The molecule has 0 aliphatic heterocycles. The summed E-state index contributed by atoms with van der Waals surface area (Å²) >= 11 is 0. The Morgan fingerprint density at radius 1 is 0.618 bits per heavy atom. The van der Waals surface area contributed by atoms with Gasteiger partial charge in [0.05, 0.1) is 29.6 Å². The molecule has 156 valence electrons. The Bertz CT molecular complexity index is 1700. The molecule has 6 aromatic rings. The standard InChI is InChI=1S/C30H16N4/c1-32-22-11-13-34-30(17-22)21-7-9-26-24-5-3-2-4-23(24)25-8-6-20(15-27(25)28(26)16-21)29-14-19(18-31)10-12-33-29/h2-17H. The number of hydrogen-bond donors (Lipinski definition) is 0. The van der Waals surface area contributed by atoms with Crippen molar-refractivity contribution in [3.63, 3.8) is 0 Å². The molecular weight excluding hydrogens is 416 g/mol. The molecule has 6 rings (SSSR count). The maximum absolute atomic E-state index is 9.31. The van der Waals surface area contributed by atoms with Crippen LogP contribution in [0.3, 0.4) is 0 Å². The monoisotopic (exact) mass is 432 g/mol. The van der Waals surface area contributed by atoms with E-state index in [0.29, 0.717) is 11.3 Å². The number of pyridine rings is 2. The van der Waals surface area contributed by atoms with Crippen molar-refractivity contribution >= 4 is 38.0 Å². The van der Waals surface area contributed by atoms with Crippen LogP contribution >= 0.6 is 0 Å². The fourth-order valence-corrected chi connectivity index (χ4v) is 4.58. The Hall–Kier alpha value is -5.06. The molecule has 34 heavy (non-hydrogen) atoms. The Labute approximate surface area is 196 Å². The number of hydrogen-bond acceptors (Lipinski definition) is 3. The van der Waals surface area contributed by atoms with Crippen LogP contribution < -0.4 is 0 Å². The molecular formula is C30H16N4. The van der Waals surface area contributed by atoms with Gasteiger partial charge in [-0.25, -0.2) is 4.85 Å². The molecule has 0 fully saturated rings. The number of benzene rings is 4. The Morgan fingerprint density at radius 3 is 1.76 bits per heavy atom. The van der Waals surface area contributed by atoms with Crippen LogP contribution in [0.2, 0.25) is 0 Å². The van der Waals surface area contributed by atoms with Gasteiger partial charge < -0.3 is 0 Å². The number of nitrogens with zero attached hydrogens (tertiary/aromatic N) is 4. The van der Waals surface area contributed by atoms with E-state index in [4.69, 9.17) is 6.57 Å². The van der Waals surface area contributed by atoms with E-state index in [9.17, 15) is 5.26 Å². The van der Waals surface area contributed by atoms with E-state index in [1.165, 1.54) is 10.8 Å². The molecule has 0 spiro atoms. The predicted octanol–water partition coefficient (Wildman–Crippen LogP) is 7.69. The quantitative estimate of drug-likeness (QED) is 0.208. The van der Waals surface area contributed by atoms with Gasteiger partial charge in [-0.15, -0.1) is 0 Å². The first kappa shape index (κ1) is 19.6. The number of nitriles is 1. The largest absolute Gasteiger partial charge is 0.259 e. The van der Waals surface area contributed by atoms with Crippen molar-refractivity contribution in [2.75, 3.05) is 0 Å². The van der Waals surface area contributed by atoms with Crippen LogP contribution in [-0.4, -0.2) is 9.97 Å². The molecule has 0 aliphatic carbocycles. The topological polar surface area (TPSA) is 53.9 Å². The molecule has 0 unspecified atom stereocenters. The molecule has 0 N–H and O–H groups in total. The van der Waals surface area contributed by atoms with E-state index in [0.717, 1.165) is 44.1 Å². The molecule has 4 heteroatoms. The number of aromatic nitrogens is 2. The van der Waals surface area contributed by atoms with Crippen LogP contribution in [0.15, 0.2) is 97.3 Å². The maximum atomic E-state index is 9.31. The van der Waals surface area contributed by atoms with E-state index in [1.54, 1.807) is 24.5 Å². The van der Waals surface area contributed by atoms with Crippen molar-refractivity contribution in [3.05, 3.63) is 114 Å². The van der Waals surface area contributed by atoms with Crippen molar-refractivity contribution in [2.24, 2.45) is 0 Å². The minimum absolute atomic E-state index is 0.569. The molecule has 0 saturated heterocycles. The summed E-state index contributed by atoms with van der Waals surface area (Å²) in [5.41, 5.74) is 4.62. The minimum Gasteiger partial charge on any atom is -0.259 e. The second kappa shape index (κ2) is 7.81. The third-order valence-corrected chi connectivity index (χ3v) is 6.19. The molecule has 0 radical (unpaired) electrons. The number of fused-ring (bicyclic) bond motifs is 6. The second-order valence-electron chi connectivity index (χ2n) is 8.12. The Morgan fingerprint density at radius 2 is 1.18 bits per heavy atom. The first-order valence-electron chi connectivity index (χ1n) is 10.8. The summed E-state index contributed by atoms with van der Waals surface area (Å²) in [6.07, 6.45) is 3.35. The molecule has 2 heterocycles. The summed E-state index contributed by atoms with van der Waals surface area (Å²) in [6, 6.07) is 30.4. The van der Waals surface area contributed by atoms with Gasteiger partial charge in [0.15, 0.2) is 5.69 Å². The van der Waals surface area contributed by atoms with Gasteiger partial charge in [-0.3, -0.25) is 9.97 Å². The van der Waals surface area contributed by atoms with Crippen molar-refractivity contribution in [3.8, 4) is 28.6 Å². The summed E-state index contributed by atoms with van der Waals surface area (Å²) in [5.74, 6) is 0. The lowest BCUT2D eigenvalue weighted by atomic mass is 9.91. The average molecular weight is 432 g/mol. The molecule has 0 saturated carbocycles. The van der Waals surface area contributed by atoms with Gasteiger partial charge in [0.1, 0.15) is 0 Å². The SMILES string of the molecule is [C-]#[N+]c1ccnc(-c2ccc3c4ccccc4c4ccc(-c5cc(C#N)ccn5)cc4c3c2)c1. The molecule has 0 bridgehead atoms. The van der Waals surface area contributed by atoms with Crippen LogP contribution in [0.5, 0.6) is 0 Å². The van der Waals surface area contributed by atoms with Crippen molar-refractivity contribution in [2.45, 2.75) is 0 Å². The normalized spacial score (nSPS) is 10.9. The van der Waals surface area contributed by atoms with E-state index >= 15 is 0 Å². The lowest BCUT2D eigenvalue weighted by Crippen LogP contribution is -1.89. The highest BCUT2D eigenvalue weighted by molar-refractivity contribution is 6.26. The van der Waals surface area contributed by atoms with E-state index in [2.05, 4.69) is 81.5 Å². The highest BCUT2D eigenvalue weighted by Gasteiger charge is 2.12. The van der Waals surface area contributed by atoms with Crippen LogP contribution in [-0.2, 0) is 0 Å². The maximum Gasteiger partial charge on any atom is 0.190 e. The first-order chi connectivity index (χ1) is 16.7. The molecule has 0 amide bonds. The number of rotatable bonds is 2. The van der Waals surface area contributed by atoms with E-state index in [1.807, 2.05) is 12.1 Å². The van der Waals surface area contributed by atoms with E-state index in [-0.39, 0.29) is 0 Å².